The molecule has 270 valence electrons. The van der Waals surface area contributed by atoms with Crippen molar-refractivity contribution in [3.63, 3.8) is 0 Å². The number of allylic oxidation sites excluding steroid dienone is 1. The summed E-state index contributed by atoms with van der Waals surface area (Å²) >= 11 is 0. The molecule has 9 rings (SSSR count). The lowest BCUT2D eigenvalue weighted by Crippen LogP contribution is -2.65. The molecule has 4 aliphatic carbocycles. The molecule has 3 saturated carbocycles. The normalized spacial score (nSPS) is 55.1. The van der Waals surface area contributed by atoms with E-state index < -0.39 is 24.3 Å². The Morgan fingerprint density at radius 3 is 2.47 bits per heavy atom. The van der Waals surface area contributed by atoms with Gasteiger partial charge in [-0.25, -0.2) is 0 Å². The van der Waals surface area contributed by atoms with Gasteiger partial charge in [0.25, 0.3) is 0 Å². The van der Waals surface area contributed by atoms with Crippen LogP contribution in [-0.4, -0.2) is 60.4 Å². The molecule has 7 heteroatoms. The summed E-state index contributed by atoms with van der Waals surface area (Å²) in [5.74, 6) is 3.34. The van der Waals surface area contributed by atoms with Gasteiger partial charge in [0, 0.05) is 23.8 Å². The fraction of sp³-hybridized carbons (Fsp3) is 0.810. The van der Waals surface area contributed by atoms with Crippen molar-refractivity contribution in [2.24, 2.45) is 52.3 Å². The number of fused-ring (bicyclic) bond motifs is 8. The molecule has 4 heterocycles. The monoisotopic (exact) mass is 676 g/mol. The summed E-state index contributed by atoms with van der Waals surface area (Å²) in [5, 5.41) is 11.6. The van der Waals surface area contributed by atoms with Crippen molar-refractivity contribution in [3.8, 4) is 0 Å². The van der Waals surface area contributed by atoms with Gasteiger partial charge in [-0.05, 0) is 98.7 Å². The van der Waals surface area contributed by atoms with Gasteiger partial charge in [-0.1, -0.05) is 76.6 Å². The molecule has 49 heavy (non-hydrogen) atoms. The van der Waals surface area contributed by atoms with Gasteiger partial charge in [0.2, 0.25) is 0 Å². The summed E-state index contributed by atoms with van der Waals surface area (Å²) in [6.07, 6.45) is 11.1. The summed E-state index contributed by atoms with van der Waals surface area (Å²) in [6.45, 7) is 15.3. The van der Waals surface area contributed by atoms with E-state index in [-0.39, 0.29) is 29.3 Å². The van der Waals surface area contributed by atoms with Crippen molar-refractivity contribution in [1.82, 2.24) is 0 Å². The van der Waals surface area contributed by atoms with E-state index in [1.165, 1.54) is 32.1 Å². The van der Waals surface area contributed by atoms with Crippen LogP contribution in [0.25, 0.3) is 0 Å². The van der Waals surface area contributed by atoms with E-state index >= 15 is 0 Å². The lowest BCUT2D eigenvalue weighted by atomic mass is 9.47. The third-order valence-corrected chi connectivity index (χ3v) is 16.1. The summed E-state index contributed by atoms with van der Waals surface area (Å²) in [7, 11) is 0. The fourth-order valence-electron chi connectivity index (χ4n) is 12.9. The van der Waals surface area contributed by atoms with Gasteiger partial charge in [0.1, 0.15) is 17.8 Å². The third-order valence-electron chi connectivity index (χ3n) is 16.1. The zero-order chi connectivity index (χ0) is 33.9. The summed E-state index contributed by atoms with van der Waals surface area (Å²) < 4.78 is 39.4. The number of rotatable bonds is 3. The van der Waals surface area contributed by atoms with Gasteiger partial charge in [0.15, 0.2) is 18.4 Å². The predicted octanol–water partition coefficient (Wildman–Crippen LogP) is 7.96. The summed E-state index contributed by atoms with van der Waals surface area (Å²) in [5.41, 5.74) is 2.43. The maximum absolute atomic E-state index is 11.6. The van der Waals surface area contributed by atoms with E-state index in [1.54, 1.807) is 5.57 Å². The van der Waals surface area contributed by atoms with Crippen molar-refractivity contribution >= 4 is 0 Å². The molecule has 1 spiro atoms. The van der Waals surface area contributed by atoms with E-state index in [1.807, 2.05) is 30.3 Å². The second-order valence-corrected chi connectivity index (χ2v) is 18.4. The largest absolute Gasteiger partial charge is 0.387 e. The molecule has 4 saturated heterocycles. The highest BCUT2D eigenvalue weighted by Crippen LogP contribution is 2.70. The van der Waals surface area contributed by atoms with Gasteiger partial charge >= 0.3 is 0 Å². The van der Waals surface area contributed by atoms with Crippen LogP contribution in [0.5, 0.6) is 0 Å². The second kappa shape index (κ2) is 11.8. The minimum Gasteiger partial charge on any atom is -0.387 e. The summed E-state index contributed by atoms with van der Waals surface area (Å²) in [4.78, 5) is 0. The Kier molecular flexibility index (Phi) is 8.10. The molecule has 1 N–H and O–H groups in total. The van der Waals surface area contributed by atoms with E-state index in [0.29, 0.717) is 41.8 Å². The van der Waals surface area contributed by atoms with Crippen molar-refractivity contribution in [3.05, 3.63) is 47.5 Å². The molecule has 4 aliphatic heterocycles. The van der Waals surface area contributed by atoms with Gasteiger partial charge < -0.3 is 33.5 Å². The minimum atomic E-state index is -0.780. The standard InChI is InChI=1S/C42H60O7/c1-24-14-19-42(45-22-24)25(2)35-33(48-42)21-32-30-13-12-28-20-29(15-17-39(28,4)31(30)16-18-40(32,35)5)46-38-36(43)26(3)41(6)34(47-38)23-44-37(49-41)27-10-8-7-9-11-27/h7-12,24-26,29-38,43H,13-23H2,1-6H3/t24-,25+,26-,29+,30-,31+,32+,33+,34?,35+,36?,37?,38-,39+,40+,41?,42-/m1/s1. The number of aliphatic hydroxyl groups is 1. The first kappa shape index (κ1) is 33.5. The Morgan fingerprint density at radius 2 is 1.69 bits per heavy atom. The van der Waals surface area contributed by atoms with Crippen molar-refractivity contribution in [2.75, 3.05) is 13.2 Å². The van der Waals surface area contributed by atoms with Gasteiger partial charge in [-0.2, -0.15) is 0 Å². The molecule has 1 aromatic carbocycles. The first-order valence-electron chi connectivity index (χ1n) is 19.8. The molecule has 0 amide bonds. The highest BCUT2D eigenvalue weighted by molar-refractivity contribution is 5.26. The predicted molar refractivity (Wildman–Crippen MR) is 185 cm³/mol. The SMILES string of the molecule is C[C@@H]1CC[C@@]2(OC1)O[C@H]1C[C@H]3[C@@H]4CC=C5C[C@@H](O[C@@H]6OC7COC(c8ccccc8)OC7(C)[C@H](C)C6O)CC[C@]5(C)[C@H]4CC[C@]3(C)[C@H]1[C@@H]2C. The second-order valence-electron chi connectivity index (χ2n) is 18.4. The van der Waals surface area contributed by atoms with Crippen LogP contribution in [0.3, 0.4) is 0 Å². The van der Waals surface area contributed by atoms with Crippen LogP contribution in [0.15, 0.2) is 42.0 Å². The Morgan fingerprint density at radius 1 is 0.878 bits per heavy atom. The van der Waals surface area contributed by atoms with Crippen molar-refractivity contribution in [1.29, 1.82) is 0 Å². The lowest BCUT2D eigenvalue weighted by Gasteiger charge is -2.59. The van der Waals surface area contributed by atoms with Gasteiger partial charge in [0.05, 0.1) is 25.4 Å². The Balaban J connectivity index is 0.866. The van der Waals surface area contributed by atoms with Crippen molar-refractivity contribution in [2.45, 2.75) is 148 Å². The fourth-order valence-corrected chi connectivity index (χ4v) is 12.9. The smallest absolute Gasteiger partial charge is 0.184 e. The zero-order valence-electron chi connectivity index (χ0n) is 30.6. The first-order chi connectivity index (χ1) is 23.4. The molecule has 0 radical (unpaired) electrons. The molecule has 0 bridgehead atoms. The molecular formula is C42H60O7. The highest BCUT2D eigenvalue weighted by atomic mass is 16.8. The van der Waals surface area contributed by atoms with E-state index in [2.05, 4.69) is 47.6 Å². The van der Waals surface area contributed by atoms with Crippen LogP contribution in [-0.2, 0) is 28.4 Å². The number of ether oxygens (including phenoxy) is 6. The van der Waals surface area contributed by atoms with Crippen LogP contribution < -0.4 is 0 Å². The lowest BCUT2D eigenvalue weighted by molar-refractivity contribution is -0.389. The molecular weight excluding hydrogens is 616 g/mol. The van der Waals surface area contributed by atoms with Crippen LogP contribution >= 0.6 is 0 Å². The van der Waals surface area contributed by atoms with E-state index in [4.69, 9.17) is 28.4 Å². The maximum Gasteiger partial charge on any atom is 0.184 e. The van der Waals surface area contributed by atoms with Gasteiger partial charge in [-0.3, -0.25) is 0 Å². The number of benzene rings is 1. The molecule has 1 aromatic rings. The average Bonchev–Trinajstić information content (AvgIpc) is 3.55. The molecule has 0 aromatic heterocycles. The van der Waals surface area contributed by atoms with Crippen LogP contribution in [0.2, 0.25) is 0 Å². The topological polar surface area (TPSA) is 75.6 Å². The number of hydrogen-bond donors (Lipinski definition) is 1. The quantitative estimate of drug-likeness (QED) is 0.326. The molecule has 17 atom stereocenters. The molecule has 7 fully saturated rings. The molecule has 7 nitrogen and oxygen atoms in total. The van der Waals surface area contributed by atoms with Crippen LogP contribution in [0, 0.1) is 52.3 Å². The van der Waals surface area contributed by atoms with Gasteiger partial charge in [-0.15, -0.1) is 0 Å². The maximum atomic E-state index is 11.6. The molecule has 8 aliphatic rings. The highest BCUT2D eigenvalue weighted by Gasteiger charge is 2.69. The van der Waals surface area contributed by atoms with Crippen LogP contribution in [0.4, 0.5) is 0 Å². The Labute approximate surface area is 293 Å². The van der Waals surface area contributed by atoms with E-state index in [0.717, 1.165) is 49.7 Å². The van der Waals surface area contributed by atoms with Crippen LogP contribution in [0.1, 0.15) is 111 Å². The summed E-state index contributed by atoms with van der Waals surface area (Å²) in [6, 6.07) is 10.0. The Bertz CT molecular complexity index is 1420. The Hall–Kier alpha value is -1.32. The zero-order valence-corrected chi connectivity index (χ0v) is 30.6. The number of aliphatic hydroxyl groups excluding tert-OH is 1. The minimum absolute atomic E-state index is 0.0397. The first-order valence-corrected chi connectivity index (χ1v) is 19.8. The third kappa shape index (κ3) is 4.99. The van der Waals surface area contributed by atoms with E-state index in [9.17, 15) is 5.11 Å². The average molecular weight is 677 g/mol. The molecule has 4 unspecified atom stereocenters. The van der Waals surface area contributed by atoms with Crippen molar-refractivity contribution < 1.29 is 33.5 Å². The number of hydrogen-bond acceptors (Lipinski definition) is 7.